The third-order valence-electron chi connectivity index (χ3n) is 4.11. The average molecular weight is 248 g/mol. The van der Waals surface area contributed by atoms with Crippen molar-refractivity contribution in [2.45, 2.75) is 32.4 Å². The molecule has 0 saturated carbocycles. The van der Waals surface area contributed by atoms with Crippen molar-refractivity contribution < 1.29 is 5.11 Å². The Labute approximate surface area is 107 Å². The summed E-state index contributed by atoms with van der Waals surface area (Å²) in [5.74, 6) is 0.816. The van der Waals surface area contributed by atoms with Gasteiger partial charge in [0.2, 0.25) is 5.95 Å². The van der Waals surface area contributed by atoms with Crippen LogP contribution in [0.2, 0.25) is 0 Å². The molecule has 0 aliphatic carbocycles. The van der Waals surface area contributed by atoms with Gasteiger partial charge in [0.1, 0.15) is 0 Å². The van der Waals surface area contributed by atoms with Gasteiger partial charge in [0, 0.05) is 43.1 Å². The molecule has 3 rings (SSSR count). The van der Waals surface area contributed by atoms with E-state index in [0.29, 0.717) is 6.04 Å². The van der Waals surface area contributed by atoms with E-state index in [4.69, 9.17) is 5.11 Å². The molecule has 3 heterocycles. The SMILES string of the molecule is Cc1nc(N2CCN3CCCC3C2)ncc1CO. The van der Waals surface area contributed by atoms with Crippen LogP contribution in [-0.4, -0.2) is 52.2 Å². The van der Waals surface area contributed by atoms with Crippen molar-refractivity contribution in [3.63, 3.8) is 0 Å². The number of fused-ring (bicyclic) bond motifs is 1. The van der Waals surface area contributed by atoms with Gasteiger partial charge in [-0.25, -0.2) is 9.97 Å². The zero-order valence-electron chi connectivity index (χ0n) is 10.8. The summed E-state index contributed by atoms with van der Waals surface area (Å²) >= 11 is 0. The van der Waals surface area contributed by atoms with Gasteiger partial charge in [-0.2, -0.15) is 0 Å². The smallest absolute Gasteiger partial charge is 0.225 e. The van der Waals surface area contributed by atoms with Gasteiger partial charge in [-0.15, -0.1) is 0 Å². The van der Waals surface area contributed by atoms with E-state index in [0.717, 1.165) is 36.8 Å². The van der Waals surface area contributed by atoms with E-state index in [1.165, 1.54) is 19.4 Å². The van der Waals surface area contributed by atoms with E-state index in [1.54, 1.807) is 6.20 Å². The first-order chi connectivity index (χ1) is 8.78. The second-order valence-electron chi connectivity index (χ2n) is 5.22. The molecule has 2 aliphatic heterocycles. The van der Waals surface area contributed by atoms with E-state index < -0.39 is 0 Å². The van der Waals surface area contributed by atoms with Crippen LogP contribution in [0.4, 0.5) is 5.95 Å². The Morgan fingerprint density at radius 3 is 3.06 bits per heavy atom. The summed E-state index contributed by atoms with van der Waals surface area (Å²) in [6.07, 6.45) is 4.37. The minimum Gasteiger partial charge on any atom is -0.392 e. The molecule has 2 saturated heterocycles. The second-order valence-corrected chi connectivity index (χ2v) is 5.22. The van der Waals surface area contributed by atoms with Gasteiger partial charge in [-0.05, 0) is 26.3 Å². The Kier molecular flexibility index (Phi) is 3.18. The summed E-state index contributed by atoms with van der Waals surface area (Å²) in [5.41, 5.74) is 1.70. The van der Waals surface area contributed by atoms with E-state index in [9.17, 15) is 0 Å². The number of anilines is 1. The van der Waals surface area contributed by atoms with Crippen LogP contribution in [0.3, 0.4) is 0 Å². The maximum absolute atomic E-state index is 9.14. The van der Waals surface area contributed by atoms with E-state index >= 15 is 0 Å². The van der Waals surface area contributed by atoms with Crippen LogP contribution in [0.5, 0.6) is 0 Å². The van der Waals surface area contributed by atoms with Gasteiger partial charge in [-0.3, -0.25) is 4.90 Å². The first kappa shape index (κ1) is 11.9. The fourth-order valence-corrected chi connectivity index (χ4v) is 2.96. The first-order valence-electron chi connectivity index (χ1n) is 6.70. The van der Waals surface area contributed by atoms with Crippen molar-refractivity contribution in [3.8, 4) is 0 Å². The van der Waals surface area contributed by atoms with Crippen LogP contribution in [0, 0.1) is 6.92 Å². The third-order valence-corrected chi connectivity index (χ3v) is 4.11. The molecule has 0 bridgehead atoms. The second kappa shape index (κ2) is 4.82. The largest absolute Gasteiger partial charge is 0.392 e. The van der Waals surface area contributed by atoms with Crippen molar-refractivity contribution in [2.24, 2.45) is 0 Å². The molecule has 1 unspecified atom stereocenters. The van der Waals surface area contributed by atoms with Gasteiger partial charge in [0.25, 0.3) is 0 Å². The maximum Gasteiger partial charge on any atom is 0.225 e. The Bertz CT molecular complexity index is 437. The number of nitrogens with zero attached hydrogens (tertiary/aromatic N) is 4. The molecule has 1 aromatic rings. The predicted molar refractivity (Wildman–Crippen MR) is 69.5 cm³/mol. The monoisotopic (exact) mass is 248 g/mol. The molecule has 1 atom stereocenters. The molecule has 0 spiro atoms. The van der Waals surface area contributed by atoms with Gasteiger partial charge < -0.3 is 10.0 Å². The summed E-state index contributed by atoms with van der Waals surface area (Å²) in [4.78, 5) is 13.8. The lowest BCUT2D eigenvalue weighted by Crippen LogP contribution is -2.50. The van der Waals surface area contributed by atoms with Crippen LogP contribution >= 0.6 is 0 Å². The highest BCUT2D eigenvalue weighted by atomic mass is 16.3. The first-order valence-corrected chi connectivity index (χ1v) is 6.70. The molecule has 98 valence electrons. The van der Waals surface area contributed by atoms with Gasteiger partial charge in [-0.1, -0.05) is 0 Å². The lowest BCUT2D eigenvalue weighted by atomic mass is 10.1. The summed E-state index contributed by atoms with van der Waals surface area (Å²) < 4.78 is 0. The summed E-state index contributed by atoms with van der Waals surface area (Å²) in [6, 6.07) is 0.681. The fraction of sp³-hybridized carbons (Fsp3) is 0.692. The quantitative estimate of drug-likeness (QED) is 0.829. The number of aliphatic hydroxyl groups excluding tert-OH is 1. The molecular formula is C13H20N4O. The standard InChI is InChI=1S/C13H20N4O/c1-10-11(9-18)7-14-13(15-10)17-6-5-16-4-2-3-12(16)8-17/h7,12,18H,2-6,8-9H2,1H3. The van der Waals surface area contributed by atoms with Gasteiger partial charge >= 0.3 is 0 Å². The van der Waals surface area contributed by atoms with Crippen LogP contribution in [-0.2, 0) is 6.61 Å². The number of aliphatic hydroxyl groups is 1. The zero-order chi connectivity index (χ0) is 12.5. The van der Waals surface area contributed by atoms with E-state index in [-0.39, 0.29) is 6.61 Å². The molecule has 0 amide bonds. The molecule has 2 fully saturated rings. The molecule has 1 N–H and O–H groups in total. The topological polar surface area (TPSA) is 52.5 Å². The van der Waals surface area contributed by atoms with Crippen LogP contribution < -0.4 is 4.90 Å². The highest BCUT2D eigenvalue weighted by Crippen LogP contribution is 2.23. The molecule has 0 aromatic carbocycles. The molecule has 0 radical (unpaired) electrons. The van der Waals surface area contributed by atoms with Crippen LogP contribution in [0.1, 0.15) is 24.1 Å². The van der Waals surface area contributed by atoms with E-state index in [2.05, 4.69) is 19.8 Å². The predicted octanol–water partition coefficient (Wildman–Crippen LogP) is 0.562. The zero-order valence-corrected chi connectivity index (χ0v) is 10.8. The highest BCUT2D eigenvalue weighted by molar-refractivity contribution is 5.34. The Morgan fingerprint density at radius 1 is 1.39 bits per heavy atom. The molecule has 5 nitrogen and oxygen atoms in total. The van der Waals surface area contributed by atoms with Crippen molar-refractivity contribution in [2.75, 3.05) is 31.1 Å². The van der Waals surface area contributed by atoms with Gasteiger partial charge in [0.15, 0.2) is 0 Å². The summed E-state index contributed by atoms with van der Waals surface area (Å²) in [6.45, 7) is 6.37. The van der Waals surface area contributed by atoms with Crippen molar-refractivity contribution in [3.05, 3.63) is 17.5 Å². The van der Waals surface area contributed by atoms with E-state index in [1.807, 2.05) is 6.92 Å². The Hall–Kier alpha value is -1.20. The normalized spacial score (nSPS) is 24.3. The minimum atomic E-state index is 0.0164. The number of aryl methyl sites for hydroxylation is 1. The highest BCUT2D eigenvalue weighted by Gasteiger charge is 2.31. The molecule has 5 heteroatoms. The summed E-state index contributed by atoms with van der Waals surface area (Å²) in [7, 11) is 0. The molecule has 1 aromatic heterocycles. The number of rotatable bonds is 2. The Morgan fingerprint density at radius 2 is 2.28 bits per heavy atom. The third kappa shape index (κ3) is 2.08. The fourth-order valence-electron chi connectivity index (χ4n) is 2.96. The van der Waals surface area contributed by atoms with Crippen molar-refractivity contribution in [1.29, 1.82) is 0 Å². The maximum atomic E-state index is 9.14. The molecular weight excluding hydrogens is 228 g/mol. The van der Waals surface area contributed by atoms with Gasteiger partial charge in [0.05, 0.1) is 6.61 Å². The number of hydrogen-bond acceptors (Lipinski definition) is 5. The molecule has 18 heavy (non-hydrogen) atoms. The molecule has 2 aliphatic rings. The minimum absolute atomic E-state index is 0.0164. The number of piperazine rings is 1. The van der Waals surface area contributed by atoms with Crippen molar-refractivity contribution in [1.82, 2.24) is 14.9 Å². The summed E-state index contributed by atoms with van der Waals surface area (Å²) in [5, 5.41) is 9.14. The lowest BCUT2D eigenvalue weighted by Gasteiger charge is -2.37. The van der Waals surface area contributed by atoms with Crippen LogP contribution in [0.15, 0.2) is 6.20 Å². The average Bonchev–Trinajstić information content (AvgIpc) is 2.85. The Balaban J connectivity index is 1.76. The number of hydrogen-bond donors (Lipinski definition) is 1. The lowest BCUT2D eigenvalue weighted by molar-refractivity contribution is 0.229. The van der Waals surface area contributed by atoms with Crippen LogP contribution in [0.25, 0.3) is 0 Å². The number of aromatic nitrogens is 2. The van der Waals surface area contributed by atoms with Crippen molar-refractivity contribution >= 4 is 5.95 Å².